The molecule has 1 saturated heterocycles. The third kappa shape index (κ3) is 6.34. The Balaban J connectivity index is 1.29. The maximum Gasteiger partial charge on any atom is 0.162 e. The van der Waals surface area contributed by atoms with Crippen LogP contribution in [0, 0.1) is 0 Å². The molecule has 1 aliphatic rings. The maximum absolute atomic E-state index is 6.38. The summed E-state index contributed by atoms with van der Waals surface area (Å²) >= 11 is 0. The lowest BCUT2D eigenvalue weighted by atomic mass is 9.99. The molecular formula is C39H40N4O3. The Bertz CT molecular complexity index is 1900. The molecule has 7 nitrogen and oxygen atoms in total. The predicted molar refractivity (Wildman–Crippen MR) is 185 cm³/mol. The van der Waals surface area contributed by atoms with Gasteiger partial charge in [-0.05, 0) is 42.5 Å². The first kappa shape index (κ1) is 30.0. The first-order chi connectivity index (χ1) is 22.8. The van der Waals surface area contributed by atoms with Gasteiger partial charge in [-0.1, -0.05) is 78.9 Å². The first-order valence-corrected chi connectivity index (χ1v) is 16.3. The van der Waals surface area contributed by atoms with E-state index in [0.717, 1.165) is 86.4 Å². The molecule has 0 aliphatic carbocycles. The van der Waals surface area contributed by atoms with E-state index in [1.165, 1.54) is 22.2 Å². The lowest BCUT2D eigenvalue weighted by Crippen LogP contribution is -2.37. The van der Waals surface area contributed by atoms with Crippen molar-refractivity contribution in [3.05, 3.63) is 109 Å². The molecule has 0 saturated carbocycles. The molecule has 234 valence electrons. The van der Waals surface area contributed by atoms with Gasteiger partial charge in [-0.3, -0.25) is 4.90 Å². The Kier molecular flexibility index (Phi) is 9.21. The zero-order chi connectivity index (χ0) is 31.1. The second-order valence-electron chi connectivity index (χ2n) is 11.7. The van der Waals surface area contributed by atoms with Gasteiger partial charge in [0, 0.05) is 54.1 Å². The predicted octanol–water partition coefficient (Wildman–Crippen LogP) is 7.66. The standard InChI is InChI=1S/C39H40N4O3/c1-44-35-27-33-32(26-36(35)46-23-11-19-42-21-24-45-25-22-42)38(41-28-40-33)37-31-17-8-9-18-34(31)43(39(37)30-15-6-3-7-16-30)20-10-14-29-12-4-2-5-13-29/h2-9,12-13,15-18,26-28H,10-11,14,19-25H2,1H3. The van der Waals surface area contributed by atoms with Crippen LogP contribution in [0.15, 0.2) is 103 Å². The Morgan fingerprint density at radius 2 is 1.52 bits per heavy atom. The van der Waals surface area contributed by atoms with Gasteiger partial charge in [-0.15, -0.1) is 0 Å². The second-order valence-corrected chi connectivity index (χ2v) is 11.7. The summed E-state index contributed by atoms with van der Waals surface area (Å²) in [5.74, 6) is 1.39. The average Bonchev–Trinajstić information content (AvgIpc) is 3.44. The van der Waals surface area contributed by atoms with E-state index in [4.69, 9.17) is 19.2 Å². The summed E-state index contributed by atoms with van der Waals surface area (Å²) in [6.45, 7) is 6.02. The zero-order valence-corrected chi connectivity index (χ0v) is 26.4. The van der Waals surface area contributed by atoms with Crippen LogP contribution in [-0.4, -0.2) is 66.0 Å². The number of aryl methyl sites for hydroxylation is 2. The molecule has 0 N–H and O–H groups in total. The maximum atomic E-state index is 6.38. The third-order valence-electron chi connectivity index (χ3n) is 8.85. The summed E-state index contributed by atoms with van der Waals surface area (Å²) in [7, 11) is 1.68. The largest absolute Gasteiger partial charge is 0.493 e. The van der Waals surface area contributed by atoms with Crippen LogP contribution in [-0.2, 0) is 17.7 Å². The van der Waals surface area contributed by atoms with Crippen LogP contribution < -0.4 is 9.47 Å². The van der Waals surface area contributed by atoms with Crippen molar-refractivity contribution in [2.75, 3.05) is 46.6 Å². The average molecular weight is 613 g/mol. The fourth-order valence-electron chi connectivity index (χ4n) is 6.59. The molecule has 1 aliphatic heterocycles. The lowest BCUT2D eigenvalue weighted by molar-refractivity contribution is 0.0357. The highest BCUT2D eigenvalue weighted by atomic mass is 16.5. The highest BCUT2D eigenvalue weighted by Gasteiger charge is 2.23. The molecule has 0 radical (unpaired) electrons. The van der Waals surface area contributed by atoms with E-state index in [1.807, 2.05) is 6.07 Å². The number of benzene rings is 4. The summed E-state index contributed by atoms with van der Waals surface area (Å²) in [5.41, 5.74) is 7.70. The molecule has 46 heavy (non-hydrogen) atoms. The molecule has 7 heteroatoms. The topological polar surface area (TPSA) is 61.6 Å². The number of rotatable bonds is 12. The SMILES string of the molecule is COc1cc2ncnc(-c3c(-c4ccccc4)n(CCCc4ccccc4)c4ccccc34)c2cc1OCCCN1CCOCC1. The highest BCUT2D eigenvalue weighted by molar-refractivity contribution is 6.09. The number of fused-ring (bicyclic) bond motifs is 2. The van der Waals surface area contributed by atoms with Crippen molar-refractivity contribution >= 4 is 21.8 Å². The Labute approximate surface area is 270 Å². The summed E-state index contributed by atoms with van der Waals surface area (Å²) in [5, 5.41) is 2.11. The zero-order valence-electron chi connectivity index (χ0n) is 26.4. The molecule has 0 spiro atoms. The molecule has 2 aromatic heterocycles. The molecule has 6 aromatic rings. The normalized spacial score (nSPS) is 13.8. The molecule has 3 heterocycles. The summed E-state index contributed by atoms with van der Waals surface area (Å²) in [6.07, 6.45) is 4.62. The molecule has 0 amide bonds. The molecule has 0 atom stereocenters. The van der Waals surface area contributed by atoms with Crippen molar-refractivity contribution in [2.24, 2.45) is 0 Å². The van der Waals surface area contributed by atoms with Crippen molar-refractivity contribution < 1.29 is 14.2 Å². The Morgan fingerprint density at radius 1 is 0.761 bits per heavy atom. The van der Waals surface area contributed by atoms with Crippen LogP contribution in [0.4, 0.5) is 0 Å². The van der Waals surface area contributed by atoms with Gasteiger partial charge in [-0.2, -0.15) is 0 Å². The molecule has 7 rings (SSSR count). The van der Waals surface area contributed by atoms with Crippen LogP contribution in [0.5, 0.6) is 11.5 Å². The van der Waals surface area contributed by atoms with E-state index in [2.05, 4.69) is 105 Å². The van der Waals surface area contributed by atoms with E-state index in [-0.39, 0.29) is 0 Å². The van der Waals surface area contributed by atoms with E-state index in [9.17, 15) is 0 Å². The molecule has 1 fully saturated rings. The van der Waals surface area contributed by atoms with Gasteiger partial charge in [0.25, 0.3) is 0 Å². The minimum atomic E-state index is 0.595. The Hall–Kier alpha value is -4.72. The second kappa shape index (κ2) is 14.1. The van der Waals surface area contributed by atoms with Gasteiger partial charge >= 0.3 is 0 Å². The lowest BCUT2D eigenvalue weighted by Gasteiger charge is -2.26. The fraction of sp³-hybridized carbons (Fsp3) is 0.282. The van der Waals surface area contributed by atoms with Crippen LogP contribution in [0.3, 0.4) is 0 Å². The molecular weight excluding hydrogens is 572 g/mol. The van der Waals surface area contributed by atoms with Crippen molar-refractivity contribution in [3.8, 4) is 34.0 Å². The third-order valence-corrected chi connectivity index (χ3v) is 8.85. The quantitative estimate of drug-likeness (QED) is 0.132. The van der Waals surface area contributed by atoms with Gasteiger partial charge in [0.2, 0.25) is 0 Å². The number of nitrogens with zero attached hydrogens (tertiary/aromatic N) is 4. The van der Waals surface area contributed by atoms with E-state index in [1.54, 1.807) is 13.4 Å². The molecule has 0 bridgehead atoms. The number of hydrogen-bond donors (Lipinski definition) is 0. The fourth-order valence-corrected chi connectivity index (χ4v) is 6.59. The van der Waals surface area contributed by atoms with Crippen LogP contribution in [0.25, 0.3) is 44.3 Å². The van der Waals surface area contributed by atoms with E-state index in [0.29, 0.717) is 18.1 Å². The van der Waals surface area contributed by atoms with Gasteiger partial charge in [0.1, 0.15) is 6.33 Å². The van der Waals surface area contributed by atoms with E-state index < -0.39 is 0 Å². The van der Waals surface area contributed by atoms with Gasteiger partial charge < -0.3 is 18.8 Å². The van der Waals surface area contributed by atoms with Crippen molar-refractivity contribution in [2.45, 2.75) is 25.8 Å². The highest BCUT2D eigenvalue weighted by Crippen LogP contribution is 2.44. The number of morpholine rings is 1. The van der Waals surface area contributed by atoms with Crippen molar-refractivity contribution in [3.63, 3.8) is 0 Å². The first-order valence-electron chi connectivity index (χ1n) is 16.3. The van der Waals surface area contributed by atoms with E-state index >= 15 is 0 Å². The van der Waals surface area contributed by atoms with Crippen LogP contribution >= 0.6 is 0 Å². The molecule has 4 aromatic carbocycles. The minimum Gasteiger partial charge on any atom is -0.493 e. The smallest absolute Gasteiger partial charge is 0.162 e. The summed E-state index contributed by atoms with van der Waals surface area (Å²) in [4.78, 5) is 12.1. The van der Waals surface area contributed by atoms with Gasteiger partial charge in [0.15, 0.2) is 11.5 Å². The number of para-hydroxylation sites is 1. The van der Waals surface area contributed by atoms with Crippen LogP contribution in [0.1, 0.15) is 18.4 Å². The number of aromatic nitrogens is 3. The van der Waals surface area contributed by atoms with Gasteiger partial charge in [-0.25, -0.2) is 9.97 Å². The van der Waals surface area contributed by atoms with Crippen molar-refractivity contribution in [1.82, 2.24) is 19.4 Å². The minimum absolute atomic E-state index is 0.595. The number of hydrogen-bond acceptors (Lipinski definition) is 6. The Morgan fingerprint density at radius 3 is 2.33 bits per heavy atom. The summed E-state index contributed by atoms with van der Waals surface area (Å²) in [6, 6.07) is 34.1. The summed E-state index contributed by atoms with van der Waals surface area (Å²) < 4.78 is 20.1. The van der Waals surface area contributed by atoms with Crippen molar-refractivity contribution in [1.29, 1.82) is 0 Å². The van der Waals surface area contributed by atoms with Crippen LogP contribution in [0.2, 0.25) is 0 Å². The monoisotopic (exact) mass is 612 g/mol. The number of ether oxygens (including phenoxy) is 3. The van der Waals surface area contributed by atoms with Gasteiger partial charge in [0.05, 0.1) is 43.8 Å². The molecule has 0 unspecified atom stereocenters. The number of methoxy groups -OCH3 is 1.